The Balaban J connectivity index is 1.61. The van der Waals surface area contributed by atoms with Gasteiger partial charge in [0.15, 0.2) is 0 Å². The fourth-order valence-corrected chi connectivity index (χ4v) is 3.85. The molecule has 3 rings (SSSR count). The van der Waals surface area contributed by atoms with Gasteiger partial charge in [0.05, 0.1) is 18.0 Å². The number of hydrogen-bond donors (Lipinski definition) is 1. The summed E-state index contributed by atoms with van der Waals surface area (Å²) in [7, 11) is -1.85. The summed E-state index contributed by atoms with van der Waals surface area (Å²) in [5.41, 5.74) is 0.536. The summed E-state index contributed by atoms with van der Waals surface area (Å²) < 4.78 is 31.9. The van der Waals surface area contributed by atoms with E-state index >= 15 is 0 Å². The molecule has 1 aromatic heterocycles. The van der Waals surface area contributed by atoms with Crippen LogP contribution < -0.4 is 4.72 Å². The lowest BCUT2D eigenvalue weighted by Gasteiger charge is -2.15. The summed E-state index contributed by atoms with van der Waals surface area (Å²) in [6.45, 7) is 2.44. The van der Waals surface area contributed by atoms with Crippen molar-refractivity contribution < 1.29 is 17.6 Å². The van der Waals surface area contributed by atoms with E-state index in [-0.39, 0.29) is 29.6 Å². The molecule has 7 nitrogen and oxygen atoms in total. The van der Waals surface area contributed by atoms with Gasteiger partial charge in [0.25, 0.3) is 10.0 Å². The molecular weight excluding hydrogens is 342 g/mol. The van der Waals surface area contributed by atoms with Crippen LogP contribution in [0.15, 0.2) is 50.7 Å². The first-order chi connectivity index (χ1) is 11.9. The van der Waals surface area contributed by atoms with Crippen LogP contribution in [-0.2, 0) is 21.4 Å². The molecule has 0 radical (unpaired) electrons. The number of amides is 1. The van der Waals surface area contributed by atoms with Crippen molar-refractivity contribution in [3.8, 4) is 0 Å². The van der Waals surface area contributed by atoms with Crippen LogP contribution in [0.2, 0.25) is 0 Å². The van der Waals surface area contributed by atoms with E-state index < -0.39 is 10.0 Å². The lowest BCUT2D eigenvalue weighted by molar-refractivity contribution is -0.130. The average molecular weight is 361 g/mol. The molecule has 0 aliphatic carbocycles. The van der Waals surface area contributed by atoms with E-state index in [1.165, 1.54) is 6.07 Å². The second-order valence-electron chi connectivity index (χ2n) is 5.84. The number of carbonyl (C=O) groups is 1. The number of fused-ring (bicyclic) bond motifs is 1. The Morgan fingerprint density at radius 1 is 1.24 bits per heavy atom. The van der Waals surface area contributed by atoms with E-state index in [0.717, 1.165) is 11.5 Å². The van der Waals surface area contributed by atoms with Gasteiger partial charge in [0.1, 0.15) is 17.4 Å². The molecule has 0 saturated carbocycles. The van der Waals surface area contributed by atoms with Crippen molar-refractivity contribution >= 4 is 21.8 Å². The van der Waals surface area contributed by atoms with Gasteiger partial charge in [-0.15, -0.1) is 0 Å². The fraction of sp³-hybridized carbons (Fsp3) is 0.294. The zero-order valence-electron chi connectivity index (χ0n) is 14.0. The molecule has 0 atom stereocenters. The lowest BCUT2D eigenvalue weighted by atomic mass is 10.2. The number of nitrogens with one attached hydrogen (secondary N) is 1. The van der Waals surface area contributed by atoms with Gasteiger partial charge < -0.3 is 9.32 Å². The summed E-state index contributed by atoms with van der Waals surface area (Å²) in [5.74, 6) is 1.71. The number of furan rings is 1. The van der Waals surface area contributed by atoms with Gasteiger partial charge in [-0.2, -0.15) is 0 Å². The van der Waals surface area contributed by atoms with Gasteiger partial charge in [-0.1, -0.05) is 12.1 Å². The molecule has 132 valence electrons. The summed E-state index contributed by atoms with van der Waals surface area (Å²) >= 11 is 0. The van der Waals surface area contributed by atoms with E-state index in [2.05, 4.69) is 9.71 Å². The standard InChI is InChI=1S/C17H19N3O4S/c1-12-7-8-13(24-12)11-20(2)16(21)9-10-18-17-14-5-3-4-6-15(14)25(22,23)19-17/h3-8H,9-11H2,1-2H3,(H,18,19). The molecule has 1 aliphatic heterocycles. The third-order valence-corrected chi connectivity index (χ3v) is 5.27. The van der Waals surface area contributed by atoms with E-state index in [4.69, 9.17) is 4.42 Å². The second-order valence-corrected chi connectivity index (χ2v) is 7.49. The maximum absolute atomic E-state index is 12.2. The summed E-state index contributed by atoms with van der Waals surface area (Å²) in [6, 6.07) is 10.3. The Hall–Kier alpha value is -2.61. The molecule has 0 bridgehead atoms. The highest BCUT2D eigenvalue weighted by atomic mass is 32.2. The Labute approximate surface area is 146 Å². The Kier molecular flexibility index (Phi) is 4.63. The molecule has 8 heteroatoms. The normalized spacial score (nSPS) is 16.5. The quantitative estimate of drug-likeness (QED) is 0.877. The number of rotatable bonds is 5. The number of sulfonamides is 1. The molecule has 1 aliphatic rings. The molecule has 25 heavy (non-hydrogen) atoms. The van der Waals surface area contributed by atoms with E-state index in [1.54, 1.807) is 30.1 Å². The second kappa shape index (κ2) is 6.72. The molecule has 1 amide bonds. The maximum Gasteiger partial charge on any atom is 0.263 e. The number of amidine groups is 1. The molecule has 0 fully saturated rings. The van der Waals surface area contributed by atoms with Gasteiger partial charge >= 0.3 is 0 Å². The minimum atomic E-state index is -3.55. The maximum atomic E-state index is 12.2. The van der Waals surface area contributed by atoms with Crippen molar-refractivity contribution in [2.45, 2.75) is 24.8 Å². The molecule has 2 aromatic rings. The SMILES string of the molecule is Cc1ccc(CN(C)C(=O)CCN=C2NS(=O)(=O)c3ccccc32)o1. The van der Waals surface area contributed by atoms with Crippen LogP contribution in [0.4, 0.5) is 0 Å². The van der Waals surface area contributed by atoms with Crippen molar-refractivity contribution in [2.24, 2.45) is 4.99 Å². The highest BCUT2D eigenvalue weighted by Crippen LogP contribution is 2.22. The van der Waals surface area contributed by atoms with Crippen LogP contribution in [-0.4, -0.2) is 38.7 Å². The van der Waals surface area contributed by atoms with Crippen molar-refractivity contribution in [2.75, 3.05) is 13.6 Å². The third-order valence-electron chi connectivity index (χ3n) is 3.87. The zero-order chi connectivity index (χ0) is 18.0. The molecule has 0 spiro atoms. The van der Waals surface area contributed by atoms with Crippen molar-refractivity contribution in [3.05, 3.63) is 53.5 Å². The zero-order valence-corrected chi connectivity index (χ0v) is 14.8. The number of aliphatic imine (C=N–C) groups is 1. The van der Waals surface area contributed by atoms with Crippen LogP contribution in [0.3, 0.4) is 0 Å². The summed E-state index contributed by atoms with van der Waals surface area (Å²) in [4.78, 5) is 18.2. The Morgan fingerprint density at radius 3 is 2.72 bits per heavy atom. The van der Waals surface area contributed by atoms with E-state index in [1.807, 2.05) is 19.1 Å². The highest BCUT2D eigenvalue weighted by Gasteiger charge is 2.29. The largest absolute Gasteiger partial charge is 0.464 e. The summed E-state index contributed by atoms with van der Waals surface area (Å²) in [5, 5.41) is 0. The predicted octanol–water partition coefficient (Wildman–Crippen LogP) is 1.68. The molecule has 0 unspecified atom stereocenters. The van der Waals surface area contributed by atoms with Crippen LogP contribution in [0, 0.1) is 6.92 Å². The van der Waals surface area contributed by atoms with E-state index in [0.29, 0.717) is 12.1 Å². The minimum absolute atomic E-state index is 0.0902. The highest BCUT2D eigenvalue weighted by molar-refractivity contribution is 7.90. The first-order valence-electron chi connectivity index (χ1n) is 7.83. The summed E-state index contributed by atoms with van der Waals surface area (Å²) in [6.07, 6.45) is 0.184. The van der Waals surface area contributed by atoms with Gasteiger partial charge in [0.2, 0.25) is 5.91 Å². The van der Waals surface area contributed by atoms with E-state index in [9.17, 15) is 13.2 Å². The number of aryl methyl sites for hydroxylation is 1. The number of nitrogens with zero attached hydrogens (tertiary/aromatic N) is 2. The molecule has 0 saturated heterocycles. The third kappa shape index (κ3) is 3.74. The molecule has 1 N–H and O–H groups in total. The molecule has 1 aromatic carbocycles. The van der Waals surface area contributed by atoms with Gasteiger partial charge in [-0.25, -0.2) is 8.42 Å². The van der Waals surface area contributed by atoms with Crippen molar-refractivity contribution in [1.29, 1.82) is 0 Å². The van der Waals surface area contributed by atoms with Crippen LogP contribution in [0.1, 0.15) is 23.5 Å². The van der Waals surface area contributed by atoms with Crippen molar-refractivity contribution in [1.82, 2.24) is 9.62 Å². The Morgan fingerprint density at radius 2 is 2.00 bits per heavy atom. The molecule has 2 heterocycles. The van der Waals surface area contributed by atoms with Gasteiger partial charge in [0, 0.05) is 19.0 Å². The number of hydrogen-bond acceptors (Lipinski definition) is 5. The predicted molar refractivity (Wildman–Crippen MR) is 92.7 cm³/mol. The van der Waals surface area contributed by atoms with Gasteiger partial charge in [-0.3, -0.25) is 14.5 Å². The molecular formula is C17H19N3O4S. The van der Waals surface area contributed by atoms with Crippen molar-refractivity contribution in [3.63, 3.8) is 0 Å². The monoisotopic (exact) mass is 361 g/mol. The van der Waals surface area contributed by atoms with Crippen LogP contribution in [0.25, 0.3) is 0 Å². The average Bonchev–Trinajstić information content (AvgIpc) is 3.09. The topological polar surface area (TPSA) is 92.0 Å². The first kappa shape index (κ1) is 17.2. The number of carbonyl (C=O) groups excluding carboxylic acids is 1. The minimum Gasteiger partial charge on any atom is -0.464 e. The first-order valence-corrected chi connectivity index (χ1v) is 9.31. The van der Waals surface area contributed by atoms with Crippen LogP contribution in [0.5, 0.6) is 0 Å². The van der Waals surface area contributed by atoms with Crippen LogP contribution >= 0.6 is 0 Å². The fourth-order valence-electron chi connectivity index (χ4n) is 2.60. The lowest BCUT2D eigenvalue weighted by Crippen LogP contribution is -2.27. The van der Waals surface area contributed by atoms with Gasteiger partial charge in [-0.05, 0) is 31.2 Å². The Bertz CT molecular complexity index is 931. The smallest absolute Gasteiger partial charge is 0.263 e. The number of benzene rings is 1.